The van der Waals surface area contributed by atoms with E-state index in [0.717, 1.165) is 17.1 Å². The van der Waals surface area contributed by atoms with Crippen molar-refractivity contribution in [2.45, 2.75) is 26.8 Å². The first kappa shape index (κ1) is 13.2. The van der Waals surface area contributed by atoms with E-state index in [4.69, 9.17) is 10.2 Å². The number of carbonyl (C=O) groups is 1. The van der Waals surface area contributed by atoms with Crippen LogP contribution >= 0.6 is 0 Å². The van der Waals surface area contributed by atoms with Gasteiger partial charge in [-0.25, -0.2) is 0 Å². The summed E-state index contributed by atoms with van der Waals surface area (Å²) in [4.78, 5) is 12.1. The third kappa shape index (κ3) is 3.16. The number of nitrogens with one attached hydrogen (secondary N) is 1. The second-order valence-electron chi connectivity index (χ2n) is 4.78. The Kier molecular flexibility index (Phi) is 3.60. The fraction of sp³-hybridized carbons (Fsp3) is 0.267. The zero-order chi connectivity index (χ0) is 14.0. The van der Waals surface area contributed by atoms with Crippen LogP contribution in [0.25, 0.3) is 0 Å². The first-order valence-electron chi connectivity index (χ1n) is 6.20. The number of nitrogens with two attached hydrogens (primary N) is 1. The normalized spacial score (nSPS) is 12.2. The molecule has 0 spiro atoms. The van der Waals surface area contributed by atoms with E-state index in [1.54, 1.807) is 6.07 Å². The second-order valence-corrected chi connectivity index (χ2v) is 4.78. The number of amides is 1. The molecular formula is C15H18N2O2. The Morgan fingerprint density at radius 3 is 2.58 bits per heavy atom. The highest BCUT2D eigenvalue weighted by Crippen LogP contribution is 2.17. The number of carbonyl (C=O) groups excluding carboxylic acids is 1. The number of furan rings is 1. The standard InChI is InChI=1S/C15H18N2O2/c1-9-6-12(8-13(16)7-9)15(18)17-11(3)14-5-4-10(2)19-14/h4-8,11H,16H2,1-3H3,(H,17,18). The largest absolute Gasteiger partial charge is 0.464 e. The number of aryl methyl sites for hydroxylation is 2. The van der Waals surface area contributed by atoms with Gasteiger partial charge < -0.3 is 15.5 Å². The molecule has 1 aromatic heterocycles. The number of benzene rings is 1. The fourth-order valence-electron chi connectivity index (χ4n) is 1.98. The average molecular weight is 258 g/mol. The predicted molar refractivity (Wildman–Crippen MR) is 74.9 cm³/mol. The lowest BCUT2D eigenvalue weighted by Gasteiger charge is -2.12. The van der Waals surface area contributed by atoms with Crippen molar-refractivity contribution in [2.75, 3.05) is 5.73 Å². The van der Waals surface area contributed by atoms with Crippen molar-refractivity contribution in [1.82, 2.24) is 5.32 Å². The molecule has 1 amide bonds. The van der Waals surface area contributed by atoms with Crippen LogP contribution in [0.5, 0.6) is 0 Å². The summed E-state index contributed by atoms with van der Waals surface area (Å²) in [5.74, 6) is 1.42. The van der Waals surface area contributed by atoms with E-state index >= 15 is 0 Å². The first-order chi connectivity index (χ1) is 8.95. The fourth-order valence-corrected chi connectivity index (χ4v) is 1.98. The van der Waals surface area contributed by atoms with Crippen molar-refractivity contribution in [3.63, 3.8) is 0 Å². The van der Waals surface area contributed by atoms with Crippen molar-refractivity contribution in [2.24, 2.45) is 0 Å². The third-order valence-corrected chi connectivity index (χ3v) is 2.90. The number of nitrogen functional groups attached to an aromatic ring is 1. The lowest BCUT2D eigenvalue weighted by atomic mass is 10.1. The third-order valence-electron chi connectivity index (χ3n) is 2.90. The molecule has 1 heterocycles. The van der Waals surface area contributed by atoms with E-state index in [0.29, 0.717) is 11.3 Å². The van der Waals surface area contributed by atoms with Gasteiger partial charge in [-0.1, -0.05) is 0 Å². The van der Waals surface area contributed by atoms with E-state index in [2.05, 4.69) is 5.32 Å². The van der Waals surface area contributed by atoms with Gasteiger partial charge >= 0.3 is 0 Å². The predicted octanol–water partition coefficient (Wildman–Crippen LogP) is 2.97. The maximum atomic E-state index is 12.1. The molecule has 1 aromatic carbocycles. The molecule has 2 aromatic rings. The molecule has 0 aliphatic carbocycles. The van der Waals surface area contributed by atoms with Crippen LogP contribution in [0.3, 0.4) is 0 Å². The highest BCUT2D eigenvalue weighted by atomic mass is 16.3. The van der Waals surface area contributed by atoms with Crippen molar-refractivity contribution in [3.05, 3.63) is 53.0 Å². The van der Waals surface area contributed by atoms with Gasteiger partial charge in [0, 0.05) is 11.3 Å². The summed E-state index contributed by atoms with van der Waals surface area (Å²) in [6.07, 6.45) is 0. The van der Waals surface area contributed by atoms with Gasteiger partial charge in [0.1, 0.15) is 11.5 Å². The van der Waals surface area contributed by atoms with Crippen LogP contribution in [-0.2, 0) is 0 Å². The van der Waals surface area contributed by atoms with Crippen molar-refractivity contribution >= 4 is 11.6 Å². The van der Waals surface area contributed by atoms with Crippen LogP contribution in [0.4, 0.5) is 5.69 Å². The SMILES string of the molecule is Cc1cc(N)cc(C(=O)NC(C)c2ccc(C)o2)c1. The maximum absolute atomic E-state index is 12.1. The molecule has 0 radical (unpaired) electrons. The Balaban J connectivity index is 2.12. The van der Waals surface area contributed by atoms with E-state index in [1.807, 2.05) is 45.0 Å². The summed E-state index contributed by atoms with van der Waals surface area (Å²) in [5.41, 5.74) is 7.86. The molecule has 3 N–H and O–H groups in total. The number of anilines is 1. The second kappa shape index (κ2) is 5.18. The quantitative estimate of drug-likeness (QED) is 0.832. The zero-order valence-corrected chi connectivity index (χ0v) is 11.4. The van der Waals surface area contributed by atoms with Crippen molar-refractivity contribution in [3.8, 4) is 0 Å². The molecule has 1 atom stereocenters. The summed E-state index contributed by atoms with van der Waals surface area (Å²) in [5, 5.41) is 2.89. The molecule has 0 fully saturated rings. The summed E-state index contributed by atoms with van der Waals surface area (Å²) < 4.78 is 5.49. The van der Waals surface area contributed by atoms with Crippen molar-refractivity contribution < 1.29 is 9.21 Å². The molecular weight excluding hydrogens is 240 g/mol. The summed E-state index contributed by atoms with van der Waals surface area (Å²) in [6.45, 7) is 5.67. The molecule has 4 nitrogen and oxygen atoms in total. The number of rotatable bonds is 3. The van der Waals surface area contributed by atoms with Gasteiger partial charge in [0.15, 0.2) is 0 Å². The molecule has 0 saturated carbocycles. The van der Waals surface area contributed by atoms with Gasteiger partial charge in [0.05, 0.1) is 6.04 Å². The Morgan fingerprint density at radius 2 is 2.00 bits per heavy atom. The van der Waals surface area contributed by atoms with E-state index < -0.39 is 0 Å². The lowest BCUT2D eigenvalue weighted by Crippen LogP contribution is -2.26. The molecule has 100 valence electrons. The summed E-state index contributed by atoms with van der Waals surface area (Å²) >= 11 is 0. The van der Waals surface area contributed by atoms with Gasteiger partial charge in [-0.15, -0.1) is 0 Å². The Morgan fingerprint density at radius 1 is 1.26 bits per heavy atom. The average Bonchev–Trinajstić information content (AvgIpc) is 2.74. The Hall–Kier alpha value is -2.23. The smallest absolute Gasteiger partial charge is 0.251 e. The monoisotopic (exact) mass is 258 g/mol. The minimum atomic E-state index is -0.178. The highest BCUT2D eigenvalue weighted by Gasteiger charge is 2.14. The molecule has 0 aliphatic rings. The van der Waals surface area contributed by atoms with Crippen LogP contribution < -0.4 is 11.1 Å². The van der Waals surface area contributed by atoms with Gasteiger partial charge in [-0.2, -0.15) is 0 Å². The van der Waals surface area contributed by atoms with Gasteiger partial charge in [-0.3, -0.25) is 4.79 Å². The maximum Gasteiger partial charge on any atom is 0.251 e. The van der Waals surface area contributed by atoms with Crippen molar-refractivity contribution in [1.29, 1.82) is 0 Å². The summed E-state index contributed by atoms with van der Waals surface area (Å²) in [7, 11) is 0. The van der Waals surface area contributed by atoms with Gasteiger partial charge in [-0.05, 0) is 56.7 Å². The van der Waals surface area contributed by atoms with Crippen LogP contribution in [-0.4, -0.2) is 5.91 Å². The first-order valence-corrected chi connectivity index (χ1v) is 6.20. The lowest BCUT2D eigenvalue weighted by molar-refractivity contribution is 0.0935. The van der Waals surface area contributed by atoms with Crippen LogP contribution in [0, 0.1) is 13.8 Å². The number of hydrogen-bond donors (Lipinski definition) is 2. The van der Waals surface area contributed by atoms with Crippen LogP contribution in [0.2, 0.25) is 0 Å². The van der Waals surface area contributed by atoms with Gasteiger partial charge in [0.2, 0.25) is 0 Å². The highest BCUT2D eigenvalue weighted by molar-refractivity contribution is 5.95. The van der Waals surface area contributed by atoms with E-state index in [9.17, 15) is 4.79 Å². The molecule has 1 unspecified atom stereocenters. The topological polar surface area (TPSA) is 68.3 Å². The molecule has 19 heavy (non-hydrogen) atoms. The molecule has 2 rings (SSSR count). The Bertz CT molecular complexity index is 582. The van der Waals surface area contributed by atoms with Crippen LogP contribution in [0.15, 0.2) is 34.7 Å². The minimum absolute atomic E-state index is 0.156. The van der Waals surface area contributed by atoms with Gasteiger partial charge in [0.25, 0.3) is 5.91 Å². The Labute approximate surface area is 112 Å². The molecule has 4 heteroatoms. The zero-order valence-electron chi connectivity index (χ0n) is 11.4. The molecule has 0 aliphatic heterocycles. The summed E-state index contributed by atoms with van der Waals surface area (Å²) in [6, 6.07) is 8.88. The molecule has 0 saturated heterocycles. The van der Waals surface area contributed by atoms with Crippen LogP contribution in [0.1, 0.15) is 40.4 Å². The molecule has 0 bridgehead atoms. The number of hydrogen-bond acceptors (Lipinski definition) is 3. The van der Waals surface area contributed by atoms with E-state index in [-0.39, 0.29) is 11.9 Å². The van der Waals surface area contributed by atoms with E-state index in [1.165, 1.54) is 0 Å². The minimum Gasteiger partial charge on any atom is -0.464 e.